The SMILES string of the molecule is CCOc1cc(C=O)cc(OCCO)c1. The molecule has 0 aliphatic heterocycles. The Kier molecular flexibility index (Phi) is 4.63. The van der Waals surface area contributed by atoms with Crippen molar-refractivity contribution in [1.82, 2.24) is 0 Å². The van der Waals surface area contributed by atoms with Crippen LogP contribution in [0, 0.1) is 0 Å². The number of carbonyl (C=O) groups is 1. The second kappa shape index (κ2) is 6.03. The third-order valence-corrected chi connectivity index (χ3v) is 1.71. The summed E-state index contributed by atoms with van der Waals surface area (Å²) in [4.78, 5) is 10.6. The third kappa shape index (κ3) is 3.59. The summed E-state index contributed by atoms with van der Waals surface area (Å²) in [5.41, 5.74) is 0.494. The van der Waals surface area contributed by atoms with Crippen molar-refractivity contribution in [1.29, 1.82) is 0 Å². The van der Waals surface area contributed by atoms with Crippen LogP contribution in [0.1, 0.15) is 17.3 Å². The van der Waals surface area contributed by atoms with Gasteiger partial charge in [0.1, 0.15) is 24.4 Å². The minimum Gasteiger partial charge on any atom is -0.494 e. The van der Waals surface area contributed by atoms with E-state index in [0.717, 1.165) is 6.29 Å². The zero-order chi connectivity index (χ0) is 11.1. The van der Waals surface area contributed by atoms with Crippen LogP contribution in [0.2, 0.25) is 0 Å². The van der Waals surface area contributed by atoms with Crippen molar-refractivity contribution in [3.8, 4) is 11.5 Å². The first-order chi connectivity index (χ1) is 7.30. The highest BCUT2D eigenvalue weighted by molar-refractivity contribution is 5.76. The van der Waals surface area contributed by atoms with Gasteiger partial charge in [-0.1, -0.05) is 0 Å². The van der Waals surface area contributed by atoms with E-state index in [-0.39, 0.29) is 13.2 Å². The second-order valence-corrected chi connectivity index (χ2v) is 2.86. The van der Waals surface area contributed by atoms with Gasteiger partial charge in [0, 0.05) is 11.6 Å². The lowest BCUT2D eigenvalue weighted by atomic mass is 10.2. The average molecular weight is 210 g/mol. The van der Waals surface area contributed by atoms with E-state index in [4.69, 9.17) is 14.6 Å². The minimum atomic E-state index is -0.0602. The van der Waals surface area contributed by atoms with E-state index in [2.05, 4.69) is 0 Å². The van der Waals surface area contributed by atoms with Crippen LogP contribution in [-0.2, 0) is 0 Å². The molecule has 0 fully saturated rings. The summed E-state index contributed by atoms with van der Waals surface area (Å²) in [7, 11) is 0. The Bertz CT molecular complexity index is 322. The Morgan fingerprint density at radius 2 is 1.93 bits per heavy atom. The molecule has 1 aromatic rings. The quantitative estimate of drug-likeness (QED) is 0.718. The van der Waals surface area contributed by atoms with Gasteiger partial charge in [0.05, 0.1) is 13.2 Å². The monoisotopic (exact) mass is 210 g/mol. The van der Waals surface area contributed by atoms with E-state index >= 15 is 0 Å². The van der Waals surface area contributed by atoms with Crippen LogP contribution in [0.25, 0.3) is 0 Å². The number of carbonyl (C=O) groups excluding carboxylic acids is 1. The Hall–Kier alpha value is -1.55. The predicted molar refractivity (Wildman–Crippen MR) is 55.6 cm³/mol. The first-order valence-electron chi connectivity index (χ1n) is 4.77. The first kappa shape index (κ1) is 11.5. The molecule has 4 nitrogen and oxygen atoms in total. The molecule has 0 aromatic heterocycles. The van der Waals surface area contributed by atoms with Gasteiger partial charge in [-0.25, -0.2) is 0 Å². The van der Waals surface area contributed by atoms with Gasteiger partial charge in [0.15, 0.2) is 0 Å². The second-order valence-electron chi connectivity index (χ2n) is 2.86. The summed E-state index contributed by atoms with van der Waals surface area (Å²) in [6, 6.07) is 4.93. The van der Waals surface area contributed by atoms with E-state index in [1.54, 1.807) is 18.2 Å². The molecule has 0 unspecified atom stereocenters. The van der Waals surface area contributed by atoms with Gasteiger partial charge in [0.25, 0.3) is 0 Å². The molecule has 0 spiro atoms. The maximum absolute atomic E-state index is 10.6. The maximum Gasteiger partial charge on any atom is 0.150 e. The minimum absolute atomic E-state index is 0.0602. The van der Waals surface area contributed by atoms with Crippen molar-refractivity contribution in [3.05, 3.63) is 23.8 Å². The Morgan fingerprint density at radius 1 is 1.27 bits per heavy atom. The van der Waals surface area contributed by atoms with Gasteiger partial charge in [-0.2, -0.15) is 0 Å². The molecule has 0 bridgehead atoms. The first-order valence-corrected chi connectivity index (χ1v) is 4.77. The lowest BCUT2D eigenvalue weighted by molar-refractivity contribution is 0.112. The standard InChI is InChI=1S/C11H14O4/c1-2-14-10-5-9(8-13)6-11(7-10)15-4-3-12/h5-8,12H,2-4H2,1H3. The van der Waals surface area contributed by atoms with Gasteiger partial charge in [-0.05, 0) is 19.1 Å². The number of aldehydes is 1. The molecule has 0 amide bonds. The van der Waals surface area contributed by atoms with E-state index in [1.165, 1.54) is 0 Å². The zero-order valence-electron chi connectivity index (χ0n) is 8.60. The van der Waals surface area contributed by atoms with Crippen molar-refractivity contribution in [2.24, 2.45) is 0 Å². The van der Waals surface area contributed by atoms with Crippen LogP contribution in [0.15, 0.2) is 18.2 Å². The van der Waals surface area contributed by atoms with Crippen LogP contribution in [-0.4, -0.2) is 31.2 Å². The van der Waals surface area contributed by atoms with E-state index < -0.39 is 0 Å². The van der Waals surface area contributed by atoms with E-state index in [9.17, 15) is 4.79 Å². The van der Waals surface area contributed by atoms with Crippen molar-refractivity contribution in [3.63, 3.8) is 0 Å². The molecule has 15 heavy (non-hydrogen) atoms. The zero-order valence-corrected chi connectivity index (χ0v) is 8.60. The van der Waals surface area contributed by atoms with Crippen LogP contribution < -0.4 is 9.47 Å². The number of ether oxygens (including phenoxy) is 2. The summed E-state index contributed by atoms with van der Waals surface area (Å²) in [5, 5.41) is 8.60. The lowest BCUT2D eigenvalue weighted by Gasteiger charge is -2.08. The number of hydrogen-bond acceptors (Lipinski definition) is 4. The molecule has 0 aliphatic rings. The van der Waals surface area contributed by atoms with Crippen molar-refractivity contribution >= 4 is 6.29 Å². The van der Waals surface area contributed by atoms with Crippen LogP contribution in [0.5, 0.6) is 11.5 Å². The number of rotatable bonds is 6. The highest BCUT2D eigenvalue weighted by Gasteiger charge is 2.02. The molecule has 0 atom stereocenters. The molecular weight excluding hydrogens is 196 g/mol. The molecule has 0 saturated heterocycles. The van der Waals surface area contributed by atoms with Gasteiger partial charge in [-0.3, -0.25) is 4.79 Å². The van der Waals surface area contributed by atoms with Crippen molar-refractivity contribution in [2.75, 3.05) is 19.8 Å². The van der Waals surface area contributed by atoms with Gasteiger partial charge >= 0.3 is 0 Å². The molecule has 0 saturated carbocycles. The van der Waals surface area contributed by atoms with Crippen LogP contribution in [0.4, 0.5) is 0 Å². The molecular formula is C11H14O4. The van der Waals surface area contributed by atoms with E-state index in [0.29, 0.717) is 23.7 Å². The Labute approximate surface area is 88.4 Å². The van der Waals surface area contributed by atoms with Crippen molar-refractivity contribution in [2.45, 2.75) is 6.92 Å². The van der Waals surface area contributed by atoms with Crippen molar-refractivity contribution < 1.29 is 19.4 Å². The summed E-state index contributed by atoms with van der Waals surface area (Å²) in [6.07, 6.45) is 0.730. The number of aliphatic hydroxyl groups is 1. The van der Waals surface area contributed by atoms with Crippen LogP contribution in [0.3, 0.4) is 0 Å². The molecule has 1 rings (SSSR count). The summed E-state index contributed by atoms with van der Waals surface area (Å²) >= 11 is 0. The Morgan fingerprint density at radius 3 is 2.47 bits per heavy atom. The average Bonchev–Trinajstić information content (AvgIpc) is 2.26. The summed E-state index contributed by atoms with van der Waals surface area (Å²) in [5.74, 6) is 1.12. The Balaban J connectivity index is 2.84. The number of aliphatic hydroxyl groups excluding tert-OH is 1. The fraction of sp³-hybridized carbons (Fsp3) is 0.364. The normalized spacial score (nSPS) is 9.73. The fourth-order valence-corrected chi connectivity index (χ4v) is 1.16. The lowest BCUT2D eigenvalue weighted by Crippen LogP contribution is -2.02. The predicted octanol–water partition coefficient (Wildman–Crippen LogP) is 1.27. The highest BCUT2D eigenvalue weighted by atomic mass is 16.5. The fourth-order valence-electron chi connectivity index (χ4n) is 1.16. The largest absolute Gasteiger partial charge is 0.494 e. The number of benzene rings is 1. The summed E-state index contributed by atoms with van der Waals surface area (Å²) < 4.78 is 10.5. The van der Waals surface area contributed by atoms with Crippen LogP contribution >= 0.6 is 0 Å². The van der Waals surface area contributed by atoms with Gasteiger partial charge in [-0.15, -0.1) is 0 Å². The molecule has 0 radical (unpaired) electrons. The smallest absolute Gasteiger partial charge is 0.150 e. The summed E-state index contributed by atoms with van der Waals surface area (Å²) in [6.45, 7) is 2.53. The van der Waals surface area contributed by atoms with Gasteiger partial charge < -0.3 is 14.6 Å². The molecule has 0 aliphatic carbocycles. The number of hydrogen-bond donors (Lipinski definition) is 1. The molecule has 4 heteroatoms. The van der Waals surface area contributed by atoms with E-state index in [1.807, 2.05) is 6.92 Å². The topological polar surface area (TPSA) is 55.8 Å². The molecule has 82 valence electrons. The maximum atomic E-state index is 10.6. The molecule has 1 aromatic carbocycles. The molecule has 1 N–H and O–H groups in total. The third-order valence-electron chi connectivity index (χ3n) is 1.71. The highest BCUT2D eigenvalue weighted by Crippen LogP contribution is 2.22. The molecule has 0 heterocycles. The van der Waals surface area contributed by atoms with Gasteiger partial charge in [0.2, 0.25) is 0 Å².